The van der Waals surface area contributed by atoms with Gasteiger partial charge in [-0.1, -0.05) is 12.1 Å². The number of piperidine rings is 1. The first-order valence-corrected chi connectivity index (χ1v) is 6.31. The fourth-order valence-corrected chi connectivity index (χ4v) is 2.04. The molecule has 0 bridgehead atoms. The van der Waals surface area contributed by atoms with E-state index < -0.39 is 0 Å². The number of nitrogens with one attached hydrogen (secondary N) is 1. The third-order valence-corrected chi connectivity index (χ3v) is 3.05. The quantitative estimate of drug-likeness (QED) is 0.859. The molecule has 19 heavy (non-hydrogen) atoms. The van der Waals surface area contributed by atoms with Crippen molar-refractivity contribution in [1.29, 1.82) is 0 Å². The molecule has 0 saturated carbocycles. The molecule has 1 fully saturated rings. The number of carbonyl (C=O) groups excluding carboxylic acids is 1. The minimum Gasteiger partial charge on any atom is -0.489 e. The molecule has 1 aromatic carbocycles. The summed E-state index contributed by atoms with van der Waals surface area (Å²) in [6, 6.07) is 7.63. The molecule has 106 valence electrons. The van der Waals surface area contributed by atoms with Gasteiger partial charge < -0.3 is 14.8 Å². The molecule has 0 radical (unpaired) electrons. The molecule has 0 aromatic heterocycles. The van der Waals surface area contributed by atoms with E-state index in [1.807, 2.05) is 24.3 Å². The van der Waals surface area contributed by atoms with Crippen molar-refractivity contribution in [2.45, 2.75) is 25.4 Å². The molecule has 1 heterocycles. The van der Waals surface area contributed by atoms with Crippen molar-refractivity contribution in [3.8, 4) is 5.75 Å². The molecule has 1 unspecified atom stereocenters. The fourth-order valence-electron chi connectivity index (χ4n) is 2.04. The second kappa shape index (κ2) is 8.02. The van der Waals surface area contributed by atoms with Crippen LogP contribution >= 0.6 is 12.4 Å². The normalized spacial score (nSPS) is 18.3. The van der Waals surface area contributed by atoms with Gasteiger partial charge in [-0.2, -0.15) is 0 Å². The van der Waals surface area contributed by atoms with E-state index in [0.717, 1.165) is 37.2 Å². The maximum absolute atomic E-state index is 11.1. The minimum absolute atomic E-state index is 0. The summed E-state index contributed by atoms with van der Waals surface area (Å²) >= 11 is 0. The van der Waals surface area contributed by atoms with Gasteiger partial charge in [0.2, 0.25) is 0 Å². The van der Waals surface area contributed by atoms with Crippen LogP contribution in [0.4, 0.5) is 0 Å². The van der Waals surface area contributed by atoms with Gasteiger partial charge in [0.25, 0.3) is 0 Å². The van der Waals surface area contributed by atoms with Gasteiger partial charge in [-0.05, 0) is 37.1 Å². The molecule has 1 atom stereocenters. The van der Waals surface area contributed by atoms with Gasteiger partial charge in [0.1, 0.15) is 11.9 Å². The maximum Gasteiger partial charge on any atom is 0.309 e. The van der Waals surface area contributed by atoms with E-state index in [9.17, 15) is 4.79 Å². The number of hydrogen-bond donors (Lipinski definition) is 1. The zero-order chi connectivity index (χ0) is 12.8. The Morgan fingerprint density at radius 3 is 2.68 bits per heavy atom. The standard InChI is InChI=1S/C14H19NO3.ClH/c1-17-14(16)9-11-4-6-12(7-5-11)18-13-3-2-8-15-10-13;/h4-7,13,15H,2-3,8-10H2,1H3;1H. The Bertz CT molecular complexity index is 388. The third-order valence-electron chi connectivity index (χ3n) is 3.05. The molecular formula is C14H20ClNO3. The van der Waals surface area contributed by atoms with Crippen molar-refractivity contribution in [3.63, 3.8) is 0 Å². The molecule has 5 heteroatoms. The second-order valence-corrected chi connectivity index (χ2v) is 4.48. The van der Waals surface area contributed by atoms with Crippen LogP contribution in [-0.2, 0) is 16.0 Å². The topological polar surface area (TPSA) is 47.6 Å². The van der Waals surface area contributed by atoms with Crippen LogP contribution in [0.2, 0.25) is 0 Å². The van der Waals surface area contributed by atoms with Crippen molar-refractivity contribution >= 4 is 18.4 Å². The van der Waals surface area contributed by atoms with E-state index in [1.165, 1.54) is 7.11 Å². The molecule has 1 aliphatic heterocycles. The van der Waals surface area contributed by atoms with Crippen LogP contribution < -0.4 is 10.1 Å². The molecule has 1 aromatic rings. The van der Waals surface area contributed by atoms with Crippen molar-refractivity contribution in [2.75, 3.05) is 20.2 Å². The van der Waals surface area contributed by atoms with E-state index in [2.05, 4.69) is 10.1 Å². The molecule has 0 spiro atoms. The van der Waals surface area contributed by atoms with E-state index in [0.29, 0.717) is 6.42 Å². The van der Waals surface area contributed by atoms with Crippen LogP contribution in [0.1, 0.15) is 18.4 Å². The monoisotopic (exact) mass is 285 g/mol. The van der Waals surface area contributed by atoms with Crippen LogP contribution in [0.5, 0.6) is 5.75 Å². The van der Waals surface area contributed by atoms with Gasteiger partial charge in [-0.15, -0.1) is 12.4 Å². The Hall–Kier alpha value is -1.26. The summed E-state index contributed by atoms with van der Waals surface area (Å²) in [5.74, 6) is 0.637. The lowest BCUT2D eigenvalue weighted by Crippen LogP contribution is -2.37. The number of rotatable bonds is 4. The zero-order valence-corrected chi connectivity index (χ0v) is 11.9. The van der Waals surface area contributed by atoms with Crippen LogP contribution in [0, 0.1) is 0 Å². The Balaban J connectivity index is 0.00000180. The Morgan fingerprint density at radius 1 is 1.37 bits per heavy atom. The lowest BCUT2D eigenvalue weighted by molar-refractivity contribution is -0.139. The number of benzene rings is 1. The van der Waals surface area contributed by atoms with Crippen molar-refractivity contribution in [3.05, 3.63) is 29.8 Å². The average Bonchev–Trinajstić information content (AvgIpc) is 2.42. The summed E-state index contributed by atoms with van der Waals surface area (Å²) in [5, 5.41) is 3.31. The SMILES string of the molecule is COC(=O)Cc1ccc(OC2CCCNC2)cc1.Cl. The van der Waals surface area contributed by atoms with E-state index in [-0.39, 0.29) is 24.5 Å². The second-order valence-electron chi connectivity index (χ2n) is 4.48. The van der Waals surface area contributed by atoms with Gasteiger partial charge in [0, 0.05) is 6.54 Å². The molecule has 4 nitrogen and oxygen atoms in total. The number of carbonyl (C=O) groups is 1. The predicted octanol–water partition coefficient (Wildman–Crippen LogP) is 1.95. The third kappa shape index (κ3) is 5.09. The number of methoxy groups -OCH3 is 1. The first-order chi connectivity index (χ1) is 8.78. The number of esters is 1. The van der Waals surface area contributed by atoms with E-state index >= 15 is 0 Å². The van der Waals surface area contributed by atoms with E-state index in [4.69, 9.17) is 4.74 Å². The first kappa shape index (κ1) is 15.8. The summed E-state index contributed by atoms with van der Waals surface area (Å²) in [6.45, 7) is 1.99. The summed E-state index contributed by atoms with van der Waals surface area (Å²) < 4.78 is 10.5. The minimum atomic E-state index is -0.222. The molecule has 1 N–H and O–H groups in total. The molecule has 0 amide bonds. The Labute approximate surface area is 119 Å². The van der Waals surface area contributed by atoms with Crippen LogP contribution in [0.25, 0.3) is 0 Å². The highest BCUT2D eigenvalue weighted by Crippen LogP contribution is 2.17. The maximum atomic E-state index is 11.1. The number of halogens is 1. The summed E-state index contributed by atoms with van der Waals surface area (Å²) in [5.41, 5.74) is 0.941. The summed E-state index contributed by atoms with van der Waals surface area (Å²) in [6.07, 6.45) is 2.81. The van der Waals surface area contributed by atoms with Gasteiger partial charge >= 0.3 is 5.97 Å². The molecule has 1 saturated heterocycles. The smallest absolute Gasteiger partial charge is 0.309 e. The molecule has 1 aliphatic rings. The van der Waals surface area contributed by atoms with Crippen molar-refractivity contribution < 1.29 is 14.3 Å². The van der Waals surface area contributed by atoms with E-state index in [1.54, 1.807) is 0 Å². The van der Waals surface area contributed by atoms with Crippen molar-refractivity contribution in [1.82, 2.24) is 5.32 Å². The highest BCUT2D eigenvalue weighted by Gasteiger charge is 2.14. The summed E-state index contributed by atoms with van der Waals surface area (Å²) in [4.78, 5) is 11.1. The largest absolute Gasteiger partial charge is 0.489 e. The Kier molecular flexibility index (Phi) is 6.67. The highest BCUT2D eigenvalue weighted by atomic mass is 35.5. The molecular weight excluding hydrogens is 266 g/mol. The lowest BCUT2D eigenvalue weighted by atomic mass is 10.1. The van der Waals surface area contributed by atoms with Gasteiger partial charge in [0.05, 0.1) is 13.5 Å². The molecule has 2 rings (SSSR count). The van der Waals surface area contributed by atoms with Gasteiger partial charge in [0.15, 0.2) is 0 Å². The Morgan fingerprint density at radius 2 is 2.11 bits per heavy atom. The number of ether oxygens (including phenoxy) is 2. The first-order valence-electron chi connectivity index (χ1n) is 6.31. The lowest BCUT2D eigenvalue weighted by Gasteiger charge is -2.23. The highest BCUT2D eigenvalue weighted by molar-refractivity contribution is 5.85. The van der Waals surface area contributed by atoms with Crippen LogP contribution in [0.15, 0.2) is 24.3 Å². The van der Waals surface area contributed by atoms with Gasteiger partial charge in [-0.25, -0.2) is 0 Å². The predicted molar refractivity (Wildman–Crippen MR) is 75.9 cm³/mol. The number of hydrogen-bond acceptors (Lipinski definition) is 4. The van der Waals surface area contributed by atoms with Crippen LogP contribution in [-0.4, -0.2) is 32.3 Å². The summed E-state index contributed by atoms with van der Waals surface area (Å²) in [7, 11) is 1.40. The van der Waals surface area contributed by atoms with Crippen molar-refractivity contribution in [2.24, 2.45) is 0 Å². The fraction of sp³-hybridized carbons (Fsp3) is 0.500. The zero-order valence-electron chi connectivity index (χ0n) is 11.1. The van der Waals surface area contributed by atoms with Gasteiger partial charge in [-0.3, -0.25) is 4.79 Å². The van der Waals surface area contributed by atoms with Crippen LogP contribution in [0.3, 0.4) is 0 Å². The average molecular weight is 286 g/mol. The molecule has 0 aliphatic carbocycles.